The quantitative estimate of drug-likeness (QED) is 0.129. The van der Waals surface area contributed by atoms with E-state index in [-0.39, 0.29) is 41.9 Å². The Labute approximate surface area is 281 Å². The highest BCUT2D eigenvalue weighted by Gasteiger charge is 2.49. The zero-order valence-corrected chi connectivity index (χ0v) is 27.5. The van der Waals surface area contributed by atoms with Gasteiger partial charge in [-0.1, -0.05) is 61.1 Å². The van der Waals surface area contributed by atoms with Crippen molar-refractivity contribution in [3.8, 4) is 0 Å². The Morgan fingerprint density at radius 1 is 1.12 bits per heavy atom. The lowest BCUT2D eigenvalue weighted by atomic mass is 9.90. The van der Waals surface area contributed by atoms with Crippen LogP contribution in [0.15, 0.2) is 84.5 Å². The number of carbonyl (C=O) groups excluding carboxylic acids is 2. The maximum absolute atomic E-state index is 13.2. The van der Waals surface area contributed by atoms with Crippen molar-refractivity contribution in [2.75, 3.05) is 6.61 Å². The number of benzene rings is 1. The highest BCUT2D eigenvalue weighted by Crippen LogP contribution is 2.37. The topological polar surface area (TPSA) is 147 Å². The van der Waals surface area contributed by atoms with Crippen LogP contribution in [0.25, 0.3) is 0 Å². The van der Waals surface area contributed by atoms with E-state index in [2.05, 4.69) is 19.6 Å². The molecule has 1 fully saturated rings. The van der Waals surface area contributed by atoms with E-state index >= 15 is 0 Å². The minimum absolute atomic E-state index is 0.0210. The number of cyclic esters (lactones) is 1. The molecule has 0 radical (unpaired) electrons. The standard InChI is InChI=1S/C37H45NO10/c1-23-16-17-44-29(19-23)14-15-31(39)32-22-34-36(47-34)33(48-37(41)26-10-12-27(13-11-26)38(42)43)21-25(3)18-24(2)20-30-8-4-6-28(45-30)7-5-9-35(40)46-32/h4-6,9-16,24,28-34,36,39H,3,7-8,17-22H2,1-2H3/b9-5+,15-14+/t24-,28-,29+,30-,31-,32-,33-,34+,36+/m0/s1. The van der Waals surface area contributed by atoms with E-state index < -0.39 is 47.4 Å². The first-order chi connectivity index (χ1) is 23.0. The second kappa shape index (κ2) is 16.5. The summed E-state index contributed by atoms with van der Waals surface area (Å²) in [5.41, 5.74) is 2.11. The van der Waals surface area contributed by atoms with E-state index in [1.54, 1.807) is 18.2 Å². The van der Waals surface area contributed by atoms with Crippen LogP contribution < -0.4 is 0 Å². The number of nitro benzene ring substituents is 1. The van der Waals surface area contributed by atoms with Gasteiger partial charge in [0.25, 0.3) is 5.69 Å². The third-order valence-corrected chi connectivity index (χ3v) is 8.99. The first-order valence-electron chi connectivity index (χ1n) is 16.6. The fraction of sp³-hybridized carbons (Fsp3) is 0.514. The zero-order chi connectivity index (χ0) is 34.2. The summed E-state index contributed by atoms with van der Waals surface area (Å²) in [7, 11) is 0. The van der Waals surface area contributed by atoms with Gasteiger partial charge >= 0.3 is 11.9 Å². The molecule has 0 amide bonds. The molecule has 9 atom stereocenters. The normalized spacial score (nSPS) is 32.9. The average Bonchev–Trinajstić information content (AvgIpc) is 3.82. The Balaban J connectivity index is 1.35. The molecular formula is C37H45NO10. The molecule has 48 heavy (non-hydrogen) atoms. The minimum Gasteiger partial charge on any atom is -0.456 e. The second-order valence-corrected chi connectivity index (χ2v) is 13.2. The smallest absolute Gasteiger partial charge is 0.338 e. The summed E-state index contributed by atoms with van der Waals surface area (Å²) in [6.07, 6.45) is 12.4. The number of aliphatic hydroxyl groups excluding tert-OH is 1. The Kier molecular flexibility index (Phi) is 12.2. The van der Waals surface area contributed by atoms with Gasteiger partial charge in [-0.3, -0.25) is 10.1 Å². The molecule has 1 aromatic carbocycles. The van der Waals surface area contributed by atoms with E-state index in [4.69, 9.17) is 23.7 Å². The lowest BCUT2D eigenvalue weighted by Crippen LogP contribution is -2.33. The van der Waals surface area contributed by atoms with Crippen LogP contribution in [0.1, 0.15) is 69.2 Å². The number of epoxide rings is 1. The molecule has 4 aliphatic rings. The van der Waals surface area contributed by atoms with E-state index in [0.717, 1.165) is 18.4 Å². The third-order valence-electron chi connectivity index (χ3n) is 8.99. The summed E-state index contributed by atoms with van der Waals surface area (Å²) in [6.45, 7) is 8.95. The second-order valence-electron chi connectivity index (χ2n) is 13.2. The summed E-state index contributed by atoms with van der Waals surface area (Å²) in [5, 5.41) is 22.3. The van der Waals surface area contributed by atoms with Gasteiger partial charge in [0.1, 0.15) is 24.4 Å². The number of nitro groups is 1. The number of hydrogen-bond donors (Lipinski definition) is 1. The number of fused-ring (bicyclic) bond motifs is 3. The van der Waals surface area contributed by atoms with E-state index in [1.165, 1.54) is 35.9 Å². The van der Waals surface area contributed by atoms with Crippen LogP contribution in [0.2, 0.25) is 0 Å². The molecule has 258 valence electrons. The molecule has 1 N–H and O–H groups in total. The van der Waals surface area contributed by atoms with Gasteiger partial charge in [-0.15, -0.1) is 0 Å². The van der Waals surface area contributed by atoms with Gasteiger partial charge in [0.2, 0.25) is 0 Å². The van der Waals surface area contributed by atoms with Crippen molar-refractivity contribution in [2.45, 2.75) is 108 Å². The molecule has 2 bridgehead atoms. The highest BCUT2D eigenvalue weighted by molar-refractivity contribution is 5.89. The maximum Gasteiger partial charge on any atom is 0.338 e. The van der Waals surface area contributed by atoms with Crippen molar-refractivity contribution >= 4 is 17.6 Å². The van der Waals surface area contributed by atoms with E-state index in [0.29, 0.717) is 32.3 Å². The Bertz CT molecular complexity index is 1450. The maximum atomic E-state index is 13.2. The van der Waals surface area contributed by atoms with Crippen molar-refractivity contribution in [3.63, 3.8) is 0 Å². The average molecular weight is 664 g/mol. The van der Waals surface area contributed by atoms with E-state index in [9.17, 15) is 24.8 Å². The number of ether oxygens (including phenoxy) is 5. The van der Waals surface area contributed by atoms with Gasteiger partial charge in [-0.25, -0.2) is 9.59 Å². The largest absolute Gasteiger partial charge is 0.456 e. The van der Waals surface area contributed by atoms with Crippen molar-refractivity contribution < 1.29 is 43.3 Å². The monoisotopic (exact) mass is 663 g/mol. The Hall–Kier alpha value is -3.90. The van der Waals surface area contributed by atoms with Crippen molar-refractivity contribution in [3.05, 3.63) is 100 Å². The van der Waals surface area contributed by atoms with Gasteiger partial charge in [0.05, 0.1) is 41.5 Å². The molecule has 0 aromatic heterocycles. The van der Waals surface area contributed by atoms with Crippen LogP contribution in [0, 0.1) is 16.0 Å². The molecule has 1 aromatic rings. The molecule has 11 nitrogen and oxygen atoms in total. The number of nitrogens with zero attached hydrogens (tertiary/aromatic N) is 1. The van der Waals surface area contributed by atoms with Crippen LogP contribution >= 0.6 is 0 Å². The fourth-order valence-corrected chi connectivity index (χ4v) is 6.46. The van der Waals surface area contributed by atoms with Crippen LogP contribution in [-0.4, -0.2) is 77.4 Å². The number of esters is 2. The molecule has 1 saturated heterocycles. The molecule has 4 heterocycles. The van der Waals surface area contributed by atoms with Crippen molar-refractivity contribution in [1.82, 2.24) is 0 Å². The summed E-state index contributed by atoms with van der Waals surface area (Å²) in [5.74, 6) is -0.994. The summed E-state index contributed by atoms with van der Waals surface area (Å²) in [4.78, 5) is 36.7. The zero-order valence-electron chi connectivity index (χ0n) is 27.5. The number of non-ortho nitro benzene ring substituents is 1. The van der Waals surface area contributed by atoms with Gasteiger partial charge in [0, 0.05) is 31.1 Å². The van der Waals surface area contributed by atoms with Gasteiger partial charge in [-0.05, 0) is 57.1 Å². The third kappa shape index (κ3) is 10.3. The lowest BCUT2D eigenvalue weighted by molar-refractivity contribution is -0.384. The van der Waals surface area contributed by atoms with Crippen LogP contribution in [0.3, 0.4) is 0 Å². The Morgan fingerprint density at radius 3 is 2.67 bits per heavy atom. The van der Waals surface area contributed by atoms with Gasteiger partial charge in [0.15, 0.2) is 0 Å². The predicted molar refractivity (Wildman–Crippen MR) is 177 cm³/mol. The minimum atomic E-state index is -1.14. The molecular weight excluding hydrogens is 618 g/mol. The van der Waals surface area contributed by atoms with Crippen LogP contribution in [0.4, 0.5) is 5.69 Å². The molecule has 4 aliphatic heterocycles. The van der Waals surface area contributed by atoms with Crippen LogP contribution in [-0.2, 0) is 28.5 Å². The molecule has 0 unspecified atom stereocenters. The first-order valence-corrected chi connectivity index (χ1v) is 16.6. The van der Waals surface area contributed by atoms with E-state index in [1.807, 2.05) is 19.1 Å². The molecule has 0 saturated carbocycles. The molecule has 0 spiro atoms. The van der Waals surface area contributed by atoms with Crippen LogP contribution in [0.5, 0.6) is 0 Å². The molecule has 11 heteroatoms. The summed E-state index contributed by atoms with van der Waals surface area (Å²) < 4.78 is 29.8. The predicted octanol–water partition coefficient (Wildman–Crippen LogP) is 5.88. The highest BCUT2D eigenvalue weighted by atomic mass is 16.6. The summed E-state index contributed by atoms with van der Waals surface area (Å²) in [6, 6.07) is 5.22. The van der Waals surface area contributed by atoms with Crippen molar-refractivity contribution in [1.29, 1.82) is 0 Å². The number of rotatable bonds is 6. The Morgan fingerprint density at radius 2 is 1.92 bits per heavy atom. The first kappa shape index (κ1) is 35.4. The summed E-state index contributed by atoms with van der Waals surface area (Å²) >= 11 is 0. The SMILES string of the molecule is C=C1C[C@H](C)C[C@@H]2CC=C[C@@H](C/C=C/C(=O)O[C@H]([C@@H](O)/C=C/[C@@H]3CC(C)=CCO3)C[C@H]3O[C@@H]3[C@@H](OC(=O)c3ccc([N+](=O)[O-])cc3)C1)O2. The number of aliphatic hydroxyl groups is 1. The number of carbonyl (C=O) groups is 2. The fourth-order valence-electron chi connectivity index (χ4n) is 6.46. The molecule has 0 aliphatic carbocycles. The lowest BCUT2D eigenvalue weighted by Gasteiger charge is -2.28. The van der Waals surface area contributed by atoms with Gasteiger partial charge in [-0.2, -0.15) is 0 Å². The molecule has 5 rings (SSSR count). The number of hydrogen-bond acceptors (Lipinski definition) is 10. The van der Waals surface area contributed by atoms with Crippen molar-refractivity contribution in [2.24, 2.45) is 5.92 Å². The van der Waals surface area contributed by atoms with Gasteiger partial charge < -0.3 is 28.8 Å².